The van der Waals surface area contributed by atoms with Crippen molar-refractivity contribution in [2.45, 2.75) is 204 Å². The zero-order chi connectivity index (χ0) is 52.5. The number of carbonyl (C=O) groups is 6. The van der Waals surface area contributed by atoms with Gasteiger partial charge in [-0.15, -0.1) is 0 Å². The van der Waals surface area contributed by atoms with Gasteiger partial charge < -0.3 is 47.3 Å². The Morgan fingerprint density at radius 2 is 0.958 bits per heavy atom. The van der Waals surface area contributed by atoms with Crippen molar-refractivity contribution in [2.24, 2.45) is 21.7 Å². The summed E-state index contributed by atoms with van der Waals surface area (Å²) < 4.78 is 45.4. The van der Waals surface area contributed by atoms with E-state index in [9.17, 15) is 28.8 Å². The maximum Gasteiger partial charge on any atom is 0.407 e. The Hall–Kier alpha value is -3.37. The molecule has 2 aliphatic carbocycles. The molecule has 2 aliphatic rings. The number of alkyl carbamates (subject to hydrolysis) is 1. The zero-order valence-electron chi connectivity index (χ0n) is 44.9. The summed E-state index contributed by atoms with van der Waals surface area (Å²) in [5, 5.41) is 6.36. The molecule has 0 aromatic carbocycles. The summed E-state index contributed by atoms with van der Waals surface area (Å²) in [6.45, 7) is 36.7. The molecule has 0 bridgehead atoms. The molecule has 0 radical (unpaired) electrons. The highest BCUT2D eigenvalue weighted by Gasteiger charge is 2.45. The highest BCUT2D eigenvalue weighted by atomic mass is 28.5. The summed E-state index contributed by atoms with van der Waals surface area (Å²) in [6.07, 6.45) is 6.91. The van der Waals surface area contributed by atoms with E-state index in [0.29, 0.717) is 37.5 Å². The first-order valence-corrected chi connectivity index (χ1v) is 33.9. The monoisotopic (exact) mass is 1060 g/mol. The van der Waals surface area contributed by atoms with Crippen LogP contribution in [0.25, 0.3) is 0 Å². The van der Waals surface area contributed by atoms with Crippen LogP contribution in [-0.4, -0.2) is 119 Å². The molecule has 0 aromatic rings. The lowest BCUT2D eigenvalue weighted by molar-refractivity contribution is -0.150. The van der Waals surface area contributed by atoms with E-state index in [1.54, 1.807) is 13.8 Å². The first-order chi connectivity index (χ1) is 31.6. The smallest absolute Gasteiger partial charge is 0.407 e. The van der Waals surface area contributed by atoms with Crippen molar-refractivity contribution >= 4 is 61.1 Å². The second-order valence-corrected chi connectivity index (χ2v) is 36.0. The van der Waals surface area contributed by atoms with Gasteiger partial charge in [-0.25, -0.2) is 14.4 Å². The molecule has 2 rings (SSSR count). The van der Waals surface area contributed by atoms with Crippen LogP contribution in [-0.2, 0) is 60.6 Å². The van der Waals surface area contributed by atoms with Crippen molar-refractivity contribution in [1.82, 2.24) is 10.6 Å². The molecule has 0 heterocycles. The van der Waals surface area contributed by atoms with Gasteiger partial charge >= 0.3 is 38.5 Å². The molecule has 2 fully saturated rings. The summed E-state index contributed by atoms with van der Waals surface area (Å²) in [6, 6.07) is 1.03. The van der Waals surface area contributed by atoms with Crippen molar-refractivity contribution < 1.29 is 65.4 Å². The largest absolute Gasteiger partial charge is 0.462 e. The number of carbonyl (C=O) groups excluding carboxylic acids is 6. The molecule has 0 aromatic heterocycles. The van der Waals surface area contributed by atoms with Crippen LogP contribution in [0.4, 0.5) is 4.79 Å². The predicted octanol–water partition coefficient (Wildman–Crippen LogP) is 10.7. The molecule has 0 spiro atoms. The van der Waals surface area contributed by atoms with Gasteiger partial charge in [-0.3, -0.25) is 14.4 Å². The van der Waals surface area contributed by atoms with Crippen LogP contribution in [0.1, 0.15) is 141 Å². The quantitative estimate of drug-likeness (QED) is 0.0236. The SMILES string of the molecule is C.C.C=C(C)C(=O)OCCOC(=O)CCC1(C)CC(NC(=O)C[Si](C)(C)O[Si](C)(C)O[Si](C)(C)CCCOCCOC(=O)NC2CC(C)(C)CC(C)(CCC(=O)OCCOC(=O)C(=C)C)C2)CC(C)(C)C1. The van der Waals surface area contributed by atoms with E-state index >= 15 is 0 Å². The van der Waals surface area contributed by atoms with Gasteiger partial charge in [0, 0.05) is 48.7 Å². The van der Waals surface area contributed by atoms with Crippen LogP contribution in [0.5, 0.6) is 0 Å². The Morgan fingerprint density at radius 3 is 1.41 bits per heavy atom. The first-order valence-electron chi connectivity index (χ1n) is 24.8. The van der Waals surface area contributed by atoms with E-state index in [1.807, 2.05) is 0 Å². The fourth-order valence-corrected chi connectivity index (χ4v) is 24.6. The molecule has 412 valence electrons. The van der Waals surface area contributed by atoms with E-state index in [2.05, 4.69) is 105 Å². The normalized spacial score (nSPS) is 21.7. The molecule has 2 amide bonds. The van der Waals surface area contributed by atoms with Gasteiger partial charge in [0.15, 0.2) is 16.6 Å². The molecule has 4 unspecified atom stereocenters. The lowest BCUT2D eigenvalue weighted by Gasteiger charge is -2.47. The molecular formula is C52H98N2O14Si3. The van der Waals surface area contributed by atoms with Crippen LogP contribution in [0, 0.1) is 21.7 Å². The number of amides is 2. The highest BCUT2D eigenvalue weighted by Crippen LogP contribution is 2.50. The Morgan fingerprint density at radius 1 is 0.549 bits per heavy atom. The third kappa shape index (κ3) is 28.6. The molecule has 71 heavy (non-hydrogen) atoms. The number of hydrogen-bond donors (Lipinski definition) is 2. The van der Waals surface area contributed by atoms with Gasteiger partial charge in [-0.05, 0) is 139 Å². The topological polar surface area (TPSA) is 200 Å². The van der Waals surface area contributed by atoms with Gasteiger partial charge in [0.1, 0.15) is 33.0 Å². The maximum atomic E-state index is 13.6. The minimum Gasteiger partial charge on any atom is -0.462 e. The summed E-state index contributed by atoms with van der Waals surface area (Å²) in [7, 11) is -7.25. The van der Waals surface area contributed by atoms with Crippen LogP contribution in [0.2, 0.25) is 51.4 Å². The van der Waals surface area contributed by atoms with Crippen molar-refractivity contribution in [3.05, 3.63) is 24.3 Å². The number of rotatable bonds is 29. The Balaban J connectivity index is 0.0000245. The zero-order valence-corrected chi connectivity index (χ0v) is 47.9. The second-order valence-electron chi connectivity index (χ2n) is 23.7. The van der Waals surface area contributed by atoms with E-state index < -0.39 is 43.2 Å². The minimum absolute atomic E-state index is 0. The van der Waals surface area contributed by atoms with Gasteiger partial charge in [0.05, 0.1) is 6.61 Å². The molecule has 0 aliphatic heterocycles. The van der Waals surface area contributed by atoms with Gasteiger partial charge in [-0.1, -0.05) is 69.6 Å². The van der Waals surface area contributed by atoms with Gasteiger partial charge in [-0.2, -0.15) is 0 Å². The molecule has 4 atom stereocenters. The van der Waals surface area contributed by atoms with Crippen molar-refractivity contribution in [1.29, 1.82) is 0 Å². The van der Waals surface area contributed by atoms with Crippen molar-refractivity contribution in [3.8, 4) is 0 Å². The summed E-state index contributed by atoms with van der Waals surface area (Å²) in [4.78, 5) is 74.5. The Kier molecular flexibility index (Phi) is 28.1. The van der Waals surface area contributed by atoms with Gasteiger partial charge in [0.25, 0.3) is 0 Å². The molecule has 16 nitrogen and oxygen atoms in total. The van der Waals surface area contributed by atoms with Crippen LogP contribution in [0.3, 0.4) is 0 Å². The summed E-state index contributed by atoms with van der Waals surface area (Å²) in [5.74, 6) is -1.74. The minimum atomic E-state index is -2.61. The lowest BCUT2D eigenvalue weighted by atomic mass is 9.61. The number of hydrogen-bond acceptors (Lipinski definition) is 14. The van der Waals surface area contributed by atoms with Crippen LogP contribution >= 0.6 is 0 Å². The molecule has 0 saturated heterocycles. The molecule has 19 heteroatoms. The van der Waals surface area contributed by atoms with E-state index in [0.717, 1.165) is 44.6 Å². The fraction of sp³-hybridized carbons (Fsp3) is 0.808. The molecule has 2 N–H and O–H groups in total. The predicted molar refractivity (Wildman–Crippen MR) is 287 cm³/mol. The number of ether oxygens (including phenoxy) is 6. The highest BCUT2D eigenvalue weighted by molar-refractivity contribution is 6.88. The van der Waals surface area contributed by atoms with E-state index in [4.69, 9.17) is 36.7 Å². The van der Waals surface area contributed by atoms with Crippen molar-refractivity contribution in [3.63, 3.8) is 0 Å². The van der Waals surface area contributed by atoms with Crippen molar-refractivity contribution in [2.75, 3.05) is 46.2 Å². The third-order valence-electron chi connectivity index (χ3n) is 12.5. The average Bonchev–Trinajstić information content (AvgIpc) is 3.16. The number of esters is 4. The number of nitrogens with one attached hydrogen (secondary N) is 2. The standard InChI is InChI=1S/C50H90N2O14Si3.2CH4/c1-37(2)44(56)62-27-25-60-42(54)18-20-49(9)32-39(30-47(5,6)35-49)51-41(53)34-68(13,14)66-69(15,16)65-67(11,12)29-17-22-59-23-24-64-46(58)52-40-31-48(7,8)36-50(10,33-40)21-19-43(55)61-26-28-63-45(57)38(3)4;;/h39-40H,1,3,17-36H2,2,4-16H3,(H,51,53)(H,52,58);2*1H4. The summed E-state index contributed by atoms with van der Waals surface area (Å²) in [5.41, 5.74) is 0.133. The lowest BCUT2D eigenvalue weighted by Crippen LogP contribution is -2.54. The van der Waals surface area contributed by atoms with Crippen LogP contribution < -0.4 is 10.6 Å². The van der Waals surface area contributed by atoms with E-state index in [-0.39, 0.29) is 124 Å². The third-order valence-corrected chi connectivity index (χ3v) is 23.5. The maximum absolute atomic E-state index is 13.6. The second kappa shape index (κ2) is 29.5. The van der Waals surface area contributed by atoms with Crippen LogP contribution in [0.15, 0.2) is 24.3 Å². The average molecular weight is 1060 g/mol. The van der Waals surface area contributed by atoms with Gasteiger partial charge in [0.2, 0.25) is 5.91 Å². The van der Waals surface area contributed by atoms with E-state index in [1.165, 1.54) is 0 Å². The fourth-order valence-electron chi connectivity index (χ4n) is 10.8. The first kappa shape index (κ1) is 67.6. The Bertz CT molecular complexity index is 1790. The molecular weight excluding hydrogens is 961 g/mol. The molecule has 2 saturated carbocycles. The Labute approximate surface area is 432 Å². The summed E-state index contributed by atoms with van der Waals surface area (Å²) >= 11 is 0.